The van der Waals surface area contributed by atoms with Crippen LogP contribution in [-0.4, -0.2) is 41.6 Å². The molecule has 6 nitrogen and oxygen atoms in total. The third-order valence-corrected chi connectivity index (χ3v) is 6.79. The lowest BCUT2D eigenvalue weighted by Gasteiger charge is -2.30. The maximum Gasteiger partial charge on any atom is 0.325 e. The fraction of sp³-hybridized carbons (Fsp3) is 0.286. The average Bonchev–Trinajstić information content (AvgIpc) is 3.21. The minimum atomic E-state index is -1.02. The molecule has 0 unspecified atom stereocenters. The summed E-state index contributed by atoms with van der Waals surface area (Å²) < 4.78 is 0. The first-order valence-electron chi connectivity index (χ1n) is 9.35. The van der Waals surface area contributed by atoms with Crippen molar-refractivity contribution >= 4 is 35.3 Å². The van der Waals surface area contributed by atoms with Gasteiger partial charge >= 0.3 is 6.03 Å². The maximum absolute atomic E-state index is 13.2. The van der Waals surface area contributed by atoms with Crippen LogP contribution < -0.4 is 10.2 Å². The lowest BCUT2D eigenvalue weighted by atomic mass is 9.92. The molecule has 4 amide bonds. The van der Waals surface area contributed by atoms with E-state index in [1.807, 2.05) is 48.5 Å². The molecule has 1 aliphatic carbocycles. The summed E-state index contributed by atoms with van der Waals surface area (Å²) in [4.78, 5) is 42.7. The van der Waals surface area contributed by atoms with Crippen LogP contribution in [0.2, 0.25) is 0 Å². The number of hydrogen-bond donors (Lipinski definition) is 1. The van der Waals surface area contributed by atoms with Gasteiger partial charge in [0.1, 0.15) is 12.1 Å². The van der Waals surface area contributed by atoms with Crippen molar-refractivity contribution in [1.82, 2.24) is 10.2 Å². The molecule has 1 spiro atoms. The van der Waals surface area contributed by atoms with Gasteiger partial charge in [-0.15, -0.1) is 11.8 Å². The lowest BCUT2D eigenvalue weighted by Crippen LogP contribution is -2.46. The van der Waals surface area contributed by atoms with Gasteiger partial charge < -0.3 is 10.2 Å². The van der Waals surface area contributed by atoms with E-state index in [-0.39, 0.29) is 18.4 Å². The molecule has 3 aliphatic rings. The number of imide groups is 1. The van der Waals surface area contributed by atoms with Gasteiger partial charge in [-0.3, -0.25) is 14.5 Å². The van der Waals surface area contributed by atoms with Crippen molar-refractivity contribution in [2.75, 3.05) is 23.7 Å². The van der Waals surface area contributed by atoms with Crippen LogP contribution in [0.5, 0.6) is 0 Å². The van der Waals surface area contributed by atoms with Gasteiger partial charge in [0.05, 0.1) is 5.69 Å². The Hall–Kier alpha value is -2.80. The zero-order valence-corrected chi connectivity index (χ0v) is 16.0. The molecular weight excluding hydrogens is 374 g/mol. The number of amides is 4. The standard InChI is InChI=1S/C21H19N3O3S/c25-18(23-11-12-28-17-8-4-3-7-16(17)23)13-24-19(26)21(22-20(24)27)10-9-14-5-1-2-6-15(14)21/h1-8H,9-13H2,(H,22,27)/t21-/m0/s1. The van der Waals surface area contributed by atoms with E-state index in [0.717, 1.165) is 38.8 Å². The molecule has 1 fully saturated rings. The number of rotatable bonds is 2. The molecule has 0 aromatic heterocycles. The van der Waals surface area contributed by atoms with Crippen molar-refractivity contribution in [3.8, 4) is 0 Å². The number of nitrogens with zero attached hydrogens (tertiary/aromatic N) is 2. The number of fused-ring (bicyclic) bond motifs is 3. The van der Waals surface area contributed by atoms with Crippen molar-refractivity contribution in [2.24, 2.45) is 0 Å². The van der Waals surface area contributed by atoms with Gasteiger partial charge in [0, 0.05) is 17.2 Å². The molecule has 0 radical (unpaired) electrons. The number of anilines is 1. The summed E-state index contributed by atoms with van der Waals surface area (Å²) in [7, 11) is 0. The fourth-order valence-electron chi connectivity index (χ4n) is 4.38. The van der Waals surface area contributed by atoms with E-state index in [2.05, 4.69) is 5.32 Å². The summed E-state index contributed by atoms with van der Waals surface area (Å²) in [6.07, 6.45) is 1.27. The molecule has 2 aromatic rings. The number of carbonyl (C=O) groups excluding carboxylic acids is 3. The second-order valence-corrected chi connectivity index (χ2v) is 8.38. The van der Waals surface area contributed by atoms with Gasteiger partial charge in [0.2, 0.25) is 5.91 Å². The van der Waals surface area contributed by atoms with E-state index in [1.54, 1.807) is 16.7 Å². The SMILES string of the molecule is O=C1N[C@]2(CCc3ccccc32)C(=O)N1CC(=O)N1CCSc2ccccc21. The minimum Gasteiger partial charge on any atom is -0.319 e. The summed E-state index contributed by atoms with van der Waals surface area (Å²) in [5, 5.41) is 2.88. The van der Waals surface area contributed by atoms with E-state index in [1.165, 1.54) is 0 Å². The minimum absolute atomic E-state index is 0.236. The smallest absolute Gasteiger partial charge is 0.319 e. The number of carbonyl (C=O) groups is 3. The third kappa shape index (κ3) is 2.46. The summed E-state index contributed by atoms with van der Waals surface area (Å²) in [6.45, 7) is 0.325. The monoisotopic (exact) mass is 393 g/mol. The first kappa shape index (κ1) is 17.3. The van der Waals surface area contributed by atoms with Crippen molar-refractivity contribution in [3.63, 3.8) is 0 Å². The summed E-state index contributed by atoms with van der Waals surface area (Å²) in [5.41, 5.74) is 1.75. The zero-order chi connectivity index (χ0) is 19.3. The van der Waals surface area contributed by atoms with Gasteiger partial charge in [-0.25, -0.2) is 4.79 Å². The predicted octanol–water partition coefficient (Wildman–Crippen LogP) is 2.52. The highest BCUT2D eigenvalue weighted by atomic mass is 32.2. The second-order valence-electron chi connectivity index (χ2n) is 7.25. The largest absolute Gasteiger partial charge is 0.325 e. The van der Waals surface area contributed by atoms with E-state index in [0.29, 0.717) is 13.0 Å². The number of aryl methyl sites for hydroxylation is 1. The van der Waals surface area contributed by atoms with Crippen LogP contribution in [0.25, 0.3) is 0 Å². The van der Waals surface area contributed by atoms with E-state index in [9.17, 15) is 14.4 Å². The van der Waals surface area contributed by atoms with Crippen LogP contribution in [0.15, 0.2) is 53.4 Å². The quantitative estimate of drug-likeness (QED) is 0.796. The highest BCUT2D eigenvalue weighted by Gasteiger charge is 2.55. The average molecular weight is 393 g/mol. The number of urea groups is 1. The van der Waals surface area contributed by atoms with E-state index in [4.69, 9.17) is 0 Å². The number of benzene rings is 2. The summed E-state index contributed by atoms with van der Waals surface area (Å²) in [6, 6.07) is 14.9. The predicted molar refractivity (Wildman–Crippen MR) is 106 cm³/mol. The molecule has 7 heteroatoms. The molecule has 1 atom stereocenters. The Kier molecular flexibility index (Phi) is 3.94. The molecule has 1 saturated heterocycles. The Balaban J connectivity index is 1.41. The lowest BCUT2D eigenvalue weighted by molar-refractivity contribution is -0.134. The number of nitrogens with one attached hydrogen (secondary N) is 1. The first-order chi connectivity index (χ1) is 13.6. The molecule has 1 N–H and O–H groups in total. The van der Waals surface area contributed by atoms with Crippen LogP contribution in [-0.2, 0) is 21.5 Å². The van der Waals surface area contributed by atoms with E-state index < -0.39 is 11.6 Å². The van der Waals surface area contributed by atoms with Crippen LogP contribution >= 0.6 is 11.8 Å². The summed E-state index contributed by atoms with van der Waals surface area (Å²) in [5.74, 6) is 0.232. The maximum atomic E-state index is 13.2. The summed E-state index contributed by atoms with van der Waals surface area (Å²) >= 11 is 1.71. The van der Waals surface area contributed by atoms with Crippen LogP contribution in [0.3, 0.4) is 0 Å². The third-order valence-electron chi connectivity index (χ3n) is 5.75. The first-order valence-corrected chi connectivity index (χ1v) is 10.3. The van der Waals surface area contributed by atoms with Crippen LogP contribution in [0, 0.1) is 0 Å². The van der Waals surface area contributed by atoms with E-state index >= 15 is 0 Å². The van der Waals surface area contributed by atoms with Crippen molar-refractivity contribution in [2.45, 2.75) is 23.3 Å². The highest BCUT2D eigenvalue weighted by molar-refractivity contribution is 7.99. The Labute approximate surface area is 166 Å². The molecule has 2 heterocycles. The Bertz CT molecular complexity index is 1010. The van der Waals surface area contributed by atoms with Gasteiger partial charge in [-0.05, 0) is 36.1 Å². The molecule has 2 aromatic carbocycles. The van der Waals surface area contributed by atoms with Gasteiger partial charge in [0.15, 0.2) is 0 Å². The Morgan fingerprint density at radius 2 is 1.89 bits per heavy atom. The Morgan fingerprint density at radius 3 is 2.79 bits per heavy atom. The van der Waals surface area contributed by atoms with Gasteiger partial charge in [0.25, 0.3) is 5.91 Å². The van der Waals surface area contributed by atoms with Crippen molar-refractivity contribution in [1.29, 1.82) is 0 Å². The zero-order valence-electron chi connectivity index (χ0n) is 15.2. The normalized spacial score (nSPS) is 23.0. The highest BCUT2D eigenvalue weighted by Crippen LogP contribution is 2.41. The molecular formula is C21H19N3O3S. The van der Waals surface area contributed by atoms with Gasteiger partial charge in [-0.1, -0.05) is 36.4 Å². The van der Waals surface area contributed by atoms with Crippen molar-refractivity contribution < 1.29 is 14.4 Å². The number of para-hydroxylation sites is 1. The molecule has 5 rings (SSSR count). The topological polar surface area (TPSA) is 69.7 Å². The fourth-order valence-corrected chi connectivity index (χ4v) is 5.38. The van der Waals surface area contributed by atoms with Crippen molar-refractivity contribution in [3.05, 3.63) is 59.7 Å². The number of hydrogen-bond acceptors (Lipinski definition) is 4. The number of thioether (sulfide) groups is 1. The molecule has 28 heavy (non-hydrogen) atoms. The molecule has 0 bridgehead atoms. The molecule has 142 valence electrons. The van der Waals surface area contributed by atoms with Crippen LogP contribution in [0.1, 0.15) is 17.5 Å². The molecule has 0 saturated carbocycles. The Morgan fingerprint density at radius 1 is 1.11 bits per heavy atom. The second kappa shape index (κ2) is 6.38. The van der Waals surface area contributed by atoms with Crippen LogP contribution in [0.4, 0.5) is 10.5 Å². The molecule has 2 aliphatic heterocycles. The van der Waals surface area contributed by atoms with Gasteiger partial charge in [-0.2, -0.15) is 0 Å².